The molecule has 1 aromatic carbocycles. The van der Waals surface area contributed by atoms with Gasteiger partial charge in [0.15, 0.2) is 0 Å². The summed E-state index contributed by atoms with van der Waals surface area (Å²) in [5, 5.41) is 3.51. The van der Waals surface area contributed by atoms with Crippen molar-refractivity contribution in [2.75, 3.05) is 5.32 Å². The highest BCUT2D eigenvalue weighted by atomic mass is 35.5. The molecule has 1 unspecified atom stereocenters. The van der Waals surface area contributed by atoms with Crippen molar-refractivity contribution in [3.63, 3.8) is 0 Å². The minimum atomic E-state index is -0.501. The Morgan fingerprint density at radius 2 is 2.13 bits per heavy atom. The molecule has 5 heteroatoms. The highest BCUT2D eigenvalue weighted by Crippen LogP contribution is 2.24. The van der Waals surface area contributed by atoms with E-state index in [1.54, 1.807) is 18.2 Å². The molecule has 0 spiro atoms. The minimum absolute atomic E-state index is 0.226. The second-order valence-corrected chi connectivity index (χ2v) is 3.95. The molecule has 82 valence electrons. The van der Waals surface area contributed by atoms with Gasteiger partial charge in [-0.1, -0.05) is 30.1 Å². The summed E-state index contributed by atoms with van der Waals surface area (Å²) in [6.07, 6.45) is 0.590. The number of nitrogens with two attached hydrogens (primary N) is 1. The van der Waals surface area contributed by atoms with Gasteiger partial charge in [-0.3, -0.25) is 4.79 Å². The topological polar surface area (TPSA) is 55.1 Å². The van der Waals surface area contributed by atoms with E-state index in [0.29, 0.717) is 22.2 Å². The molecule has 0 bridgehead atoms. The first-order valence-electron chi connectivity index (χ1n) is 4.56. The maximum absolute atomic E-state index is 11.4. The molecule has 0 heterocycles. The lowest BCUT2D eigenvalue weighted by Gasteiger charge is -2.10. The average molecular weight is 247 g/mol. The number of nitrogens with one attached hydrogen (secondary N) is 1. The number of anilines is 1. The van der Waals surface area contributed by atoms with Crippen LogP contribution in [0.5, 0.6) is 0 Å². The van der Waals surface area contributed by atoms with E-state index in [2.05, 4.69) is 5.32 Å². The van der Waals surface area contributed by atoms with Crippen molar-refractivity contribution < 1.29 is 4.79 Å². The van der Waals surface area contributed by atoms with Crippen LogP contribution in [0.15, 0.2) is 18.2 Å². The zero-order chi connectivity index (χ0) is 11.4. The average Bonchev–Trinajstić information content (AvgIpc) is 2.22. The third kappa shape index (κ3) is 3.38. The van der Waals surface area contributed by atoms with Crippen molar-refractivity contribution >= 4 is 34.8 Å². The van der Waals surface area contributed by atoms with Crippen LogP contribution in [0, 0.1) is 0 Å². The van der Waals surface area contributed by atoms with Gasteiger partial charge in [0.25, 0.3) is 0 Å². The molecule has 0 saturated heterocycles. The SMILES string of the molecule is CCC(N)C(=O)Nc1ccc(Cl)c(Cl)c1. The summed E-state index contributed by atoms with van der Waals surface area (Å²) < 4.78 is 0. The summed E-state index contributed by atoms with van der Waals surface area (Å²) in [6, 6.07) is 4.38. The summed E-state index contributed by atoms with van der Waals surface area (Å²) in [4.78, 5) is 11.4. The van der Waals surface area contributed by atoms with Gasteiger partial charge in [-0.2, -0.15) is 0 Å². The van der Waals surface area contributed by atoms with Gasteiger partial charge in [0.2, 0.25) is 5.91 Å². The number of rotatable bonds is 3. The van der Waals surface area contributed by atoms with E-state index in [1.807, 2.05) is 6.92 Å². The second kappa shape index (κ2) is 5.35. The largest absolute Gasteiger partial charge is 0.325 e. The molecule has 15 heavy (non-hydrogen) atoms. The number of carbonyl (C=O) groups excluding carboxylic acids is 1. The second-order valence-electron chi connectivity index (χ2n) is 3.13. The molecule has 0 fully saturated rings. The Labute approximate surface area is 98.5 Å². The molecule has 0 aliphatic carbocycles. The molecular formula is C10H12Cl2N2O. The van der Waals surface area contributed by atoms with Gasteiger partial charge in [0, 0.05) is 5.69 Å². The van der Waals surface area contributed by atoms with E-state index in [4.69, 9.17) is 28.9 Å². The van der Waals surface area contributed by atoms with Gasteiger partial charge in [0.05, 0.1) is 16.1 Å². The Kier molecular flexibility index (Phi) is 4.39. The van der Waals surface area contributed by atoms with Gasteiger partial charge in [0.1, 0.15) is 0 Å². The Morgan fingerprint density at radius 1 is 1.47 bits per heavy atom. The number of hydrogen-bond acceptors (Lipinski definition) is 2. The maximum atomic E-state index is 11.4. The van der Waals surface area contributed by atoms with Crippen molar-refractivity contribution in [2.24, 2.45) is 5.73 Å². The van der Waals surface area contributed by atoms with Crippen LogP contribution >= 0.6 is 23.2 Å². The quantitative estimate of drug-likeness (QED) is 0.862. The molecule has 0 aliphatic heterocycles. The lowest BCUT2D eigenvalue weighted by molar-refractivity contribution is -0.117. The number of amides is 1. The number of halogens is 2. The molecule has 0 saturated carbocycles. The first kappa shape index (κ1) is 12.3. The van der Waals surface area contributed by atoms with Crippen LogP contribution in [0.4, 0.5) is 5.69 Å². The Bertz CT molecular complexity index is 368. The Balaban J connectivity index is 2.73. The monoisotopic (exact) mass is 246 g/mol. The van der Waals surface area contributed by atoms with Crippen LogP contribution < -0.4 is 11.1 Å². The van der Waals surface area contributed by atoms with E-state index in [1.165, 1.54) is 0 Å². The third-order valence-corrected chi connectivity index (χ3v) is 2.70. The van der Waals surface area contributed by atoms with Gasteiger partial charge in [-0.15, -0.1) is 0 Å². The molecule has 0 aliphatic rings. The van der Waals surface area contributed by atoms with E-state index in [-0.39, 0.29) is 5.91 Å². The summed E-state index contributed by atoms with van der Waals surface area (Å²) in [6.45, 7) is 1.85. The van der Waals surface area contributed by atoms with Crippen molar-refractivity contribution in [3.8, 4) is 0 Å². The maximum Gasteiger partial charge on any atom is 0.241 e. The molecule has 1 aromatic rings. The first-order valence-corrected chi connectivity index (χ1v) is 5.31. The summed E-state index contributed by atoms with van der Waals surface area (Å²) in [5.74, 6) is -0.226. The fraction of sp³-hybridized carbons (Fsp3) is 0.300. The molecule has 3 nitrogen and oxygen atoms in total. The summed E-state index contributed by atoms with van der Waals surface area (Å²) >= 11 is 11.5. The standard InChI is InChI=1S/C10H12Cl2N2O/c1-2-9(13)10(15)14-6-3-4-7(11)8(12)5-6/h3-5,9H,2,13H2,1H3,(H,14,15). The number of benzene rings is 1. The van der Waals surface area contributed by atoms with Crippen LogP contribution in [0.2, 0.25) is 10.0 Å². The molecular weight excluding hydrogens is 235 g/mol. The van der Waals surface area contributed by atoms with Crippen LogP contribution in [-0.2, 0) is 4.79 Å². The molecule has 1 amide bonds. The highest BCUT2D eigenvalue weighted by molar-refractivity contribution is 6.42. The lowest BCUT2D eigenvalue weighted by Crippen LogP contribution is -2.34. The predicted molar refractivity (Wildman–Crippen MR) is 63.4 cm³/mol. The smallest absolute Gasteiger partial charge is 0.241 e. The Morgan fingerprint density at radius 3 is 2.67 bits per heavy atom. The molecule has 1 rings (SSSR count). The predicted octanol–water partition coefficient (Wildman–Crippen LogP) is 2.67. The van der Waals surface area contributed by atoms with Crippen LogP contribution in [0.1, 0.15) is 13.3 Å². The van der Waals surface area contributed by atoms with Crippen molar-refractivity contribution in [1.29, 1.82) is 0 Å². The van der Waals surface area contributed by atoms with Crippen LogP contribution in [-0.4, -0.2) is 11.9 Å². The Hall–Kier alpha value is -0.770. The fourth-order valence-electron chi connectivity index (χ4n) is 0.994. The van der Waals surface area contributed by atoms with Crippen molar-refractivity contribution in [1.82, 2.24) is 0 Å². The van der Waals surface area contributed by atoms with E-state index >= 15 is 0 Å². The van der Waals surface area contributed by atoms with E-state index in [0.717, 1.165) is 0 Å². The van der Waals surface area contributed by atoms with E-state index in [9.17, 15) is 4.79 Å². The number of carbonyl (C=O) groups is 1. The third-order valence-electron chi connectivity index (χ3n) is 1.96. The minimum Gasteiger partial charge on any atom is -0.325 e. The normalized spacial score (nSPS) is 12.3. The van der Waals surface area contributed by atoms with Crippen molar-refractivity contribution in [2.45, 2.75) is 19.4 Å². The molecule has 0 aromatic heterocycles. The van der Waals surface area contributed by atoms with Crippen molar-refractivity contribution in [3.05, 3.63) is 28.2 Å². The van der Waals surface area contributed by atoms with Crippen LogP contribution in [0.25, 0.3) is 0 Å². The van der Waals surface area contributed by atoms with E-state index < -0.39 is 6.04 Å². The summed E-state index contributed by atoms with van der Waals surface area (Å²) in [5.41, 5.74) is 6.16. The molecule has 3 N–H and O–H groups in total. The molecule has 0 radical (unpaired) electrons. The van der Waals surface area contributed by atoms with Gasteiger partial charge >= 0.3 is 0 Å². The van der Waals surface area contributed by atoms with Gasteiger partial charge in [-0.25, -0.2) is 0 Å². The van der Waals surface area contributed by atoms with Gasteiger partial charge < -0.3 is 11.1 Å². The number of hydrogen-bond donors (Lipinski definition) is 2. The van der Waals surface area contributed by atoms with Gasteiger partial charge in [-0.05, 0) is 24.6 Å². The zero-order valence-corrected chi connectivity index (χ0v) is 9.77. The highest BCUT2D eigenvalue weighted by Gasteiger charge is 2.11. The fourth-order valence-corrected chi connectivity index (χ4v) is 1.29. The van der Waals surface area contributed by atoms with Crippen LogP contribution in [0.3, 0.4) is 0 Å². The molecule has 1 atom stereocenters. The lowest BCUT2D eigenvalue weighted by atomic mass is 10.2. The summed E-state index contributed by atoms with van der Waals surface area (Å²) in [7, 11) is 0. The first-order chi connectivity index (χ1) is 7.04. The zero-order valence-electron chi connectivity index (χ0n) is 8.26.